The van der Waals surface area contributed by atoms with Crippen LogP contribution in [0.2, 0.25) is 0 Å². The molecule has 0 heterocycles. The number of halogens is 3. The van der Waals surface area contributed by atoms with Gasteiger partial charge < -0.3 is 20.1 Å². The molecule has 0 unspecified atom stereocenters. The lowest BCUT2D eigenvalue weighted by molar-refractivity contribution is -0.160. The number of rotatable bonds is 5. The van der Waals surface area contributed by atoms with Gasteiger partial charge >= 0.3 is 18.2 Å². The number of esters is 1. The SMILES string of the molecule is COC(=O)[C@H](C)NC(=O)CNC(=O)OCC(F)(F)F. The number of nitrogens with one attached hydrogen (secondary N) is 2. The van der Waals surface area contributed by atoms with Gasteiger partial charge in [-0.05, 0) is 6.92 Å². The fourth-order valence-corrected chi connectivity index (χ4v) is 0.879. The summed E-state index contributed by atoms with van der Waals surface area (Å²) in [7, 11) is 1.12. The number of carbonyl (C=O) groups is 3. The summed E-state index contributed by atoms with van der Waals surface area (Å²) < 4.78 is 43.1. The van der Waals surface area contributed by atoms with Crippen LogP contribution in [0.25, 0.3) is 0 Å². The standard InChI is InChI=1S/C9H13F3N2O5/c1-5(7(16)18-2)14-6(15)3-13-8(17)19-4-9(10,11)12/h5H,3-4H2,1-2H3,(H,13,17)(H,14,15)/t5-/m0/s1. The lowest BCUT2D eigenvalue weighted by Crippen LogP contribution is -2.44. The lowest BCUT2D eigenvalue weighted by Gasteiger charge is -2.12. The van der Waals surface area contributed by atoms with Crippen LogP contribution in [0.5, 0.6) is 0 Å². The number of alkyl carbamates (subject to hydrolysis) is 1. The minimum atomic E-state index is -4.64. The van der Waals surface area contributed by atoms with E-state index in [2.05, 4.69) is 14.8 Å². The summed E-state index contributed by atoms with van der Waals surface area (Å²) in [4.78, 5) is 32.9. The van der Waals surface area contributed by atoms with E-state index in [0.29, 0.717) is 0 Å². The minimum Gasteiger partial charge on any atom is -0.467 e. The number of alkyl halides is 3. The molecule has 2 N–H and O–H groups in total. The third-order valence-corrected chi connectivity index (χ3v) is 1.69. The molecule has 0 aliphatic carbocycles. The number of ether oxygens (including phenoxy) is 2. The largest absolute Gasteiger partial charge is 0.467 e. The highest BCUT2D eigenvalue weighted by atomic mass is 19.4. The van der Waals surface area contributed by atoms with Crippen molar-refractivity contribution < 1.29 is 37.0 Å². The molecule has 0 bridgehead atoms. The quantitative estimate of drug-likeness (QED) is 0.691. The van der Waals surface area contributed by atoms with E-state index in [9.17, 15) is 27.6 Å². The summed E-state index contributed by atoms with van der Waals surface area (Å²) in [5.41, 5.74) is 0. The molecule has 2 amide bonds. The van der Waals surface area contributed by atoms with Crippen molar-refractivity contribution >= 4 is 18.0 Å². The lowest BCUT2D eigenvalue weighted by atomic mass is 10.3. The van der Waals surface area contributed by atoms with E-state index in [-0.39, 0.29) is 0 Å². The fraction of sp³-hybridized carbons (Fsp3) is 0.667. The summed E-state index contributed by atoms with van der Waals surface area (Å²) >= 11 is 0. The highest BCUT2D eigenvalue weighted by Gasteiger charge is 2.29. The molecule has 0 aromatic rings. The molecule has 0 saturated carbocycles. The van der Waals surface area contributed by atoms with E-state index in [1.54, 1.807) is 5.32 Å². The van der Waals surface area contributed by atoms with Crippen molar-refractivity contribution in [3.8, 4) is 0 Å². The van der Waals surface area contributed by atoms with Crippen molar-refractivity contribution in [3.63, 3.8) is 0 Å². The Morgan fingerprint density at radius 1 is 1.26 bits per heavy atom. The van der Waals surface area contributed by atoms with E-state index in [4.69, 9.17) is 0 Å². The van der Waals surface area contributed by atoms with Gasteiger partial charge in [-0.2, -0.15) is 13.2 Å². The summed E-state index contributed by atoms with van der Waals surface area (Å²) in [5.74, 6) is -1.48. The van der Waals surface area contributed by atoms with Crippen molar-refractivity contribution in [1.29, 1.82) is 0 Å². The summed E-state index contributed by atoms with van der Waals surface area (Å²) in [6.45, 7) is -1.04. The molecule has 0 aromatic heterocycles. The Morgan fingerprint density at radius 3 is 2.32 bits per heavy atom. The number of amides is 2. The van der Waals surface area contributed by atoms with E-state index in [0.717, 1.165) is 7.11 Å². The van der Waals surface area contributed by atoms with Crippen molar-refractivity contribution in [2.75, 3.05) is 20.3 Å². The Morgan fingerprint density at radius 2 is 1.84 bits per heavy atom. The second kappa shape index (κ2) is 7.44. The van der Waals surface area contributed by atoms with Crippen LogP contribution in [0, 0.1) is 0 Å². The van der Waals surface area contributed by atoms with Gasteiger partial charge in [-0.1, -0.05) is 0 Å². The molecule has 0 spiro atoms. The maximum Gasteiger partial charge on any atom is 0.422 e. The Bertz CT molecular complexity index is 345. The van der Waals surface area contributed by atoms with E-state index in [1.165, 1.54) is 6.92 Å². The predicted molar refractivity (Wildman–Crippen MR) is 55.0 cm³/mol. The Labute approximate surface area is 106 Å². The second-order valence-corrected chi connectivity index (χ2v) is 3.36. The van der Waals surface area contributed by atoms with Gasteiger partial charge in [-0.3, -0.25) is 4.79 Å². The van der Waals surface area contributed by atoms with Gasteiger partial charge in [0, 0.05) is 0 Å². The van der Waals surface area contributed by atoms with Crippen LogP contribution in [-0.2, 0) is 19.1 Å². The van der Waals surface area contributed by atoms with E-state index in [1.807, 2.05) is 0 Å². The van der Waals surface area contributed by atoms with Gasteiger partial charge in [0.2, 0.25) is 5.91 Å². The molecule has 0 rings (SSSR count). The van der Waals surface area contributed by atoms with Crippen LogP contribution in [0.15, 0.2) is 0 Å². The maximum atomic E-state index is 11.7. The van der Waals surface area contributed by atoms with Crippen molar-refractivity contribution in [1.82, 2.24) is 10.6 Å². The van der Waals surface area contributed by atoms with Crippen LogP contribution in [0.3, 0.4) is 0 Å². The zero-order valence-corrected chi connectivity index (χ0v) is 10.2. The molecular weight excluding hydrogens is 273 g/mol. The predicted octanol–water partition coefficient (Wildman–Crippen LogP) is -0.0474. The average Bonchev–Trinajstić information content (AvgIpc) is 2.31. The third-order valence-electron chi connectivity index (χ3n) is 1.69. The van der Waals surface area contributed by atoms with Crippen LogP contribution >= 0.6 is 0 Å². The molecule has 110 valence electrons. The normalized spacial score (nSPS) is 12.3. The monoisotopic (exact) mass is 286 g/mol. The highest BCUT2D eigenvalue weighted by Crippen LogP contribution is 2.14. The molecule has 10 heteroatoms. The topological polar surface area (TPSA) is 93.7 Å². The molecular formula is C9H13F3N2O5. The Balaban J connectivity index is 3.91. The van der Waals surface area contributed by atoms with E-state index < -0.39 is 43.3 Å². The summed E-state index contributed by atoms with van der Waals surface area (Å²) in [6.07, 6.45) is -6.03. The highest BCUT2D eigenvalue weighted by molar-refractivity contribution is 5.86. The number of methoxy groups -OCH3 is 1. The maximum absolute atomic E-state index is 11.7. The number of hydrogen-bond acceptors (Lipinski definition) is 5. The Kier molecular flexibility index (Phi) is 6.66. The smallest absolute Gasteiger partial charge is 0.422 e. The van der Waals surface area contributed by atoms with Gasteiger partial charge in [-0.25, -0.2) is 9.59 Å². The average molecular weight is 286 g/mol. The van der Waals surface area contributed by atoms with Gasteiger partial charge in [0.25, 0.3) is 0 Å². The second-order valence-electron chi connectivity index (χ2n) is 3.36. The molecule has 0 aromatic carbocycles. The van der Waals surface area contributed by atoms with E-state index >= 15 is 0 Å². The molecule has 0 aliphatic rings. The fourth-order valence-electron chi connectivity index (χ4n) is 0.879. The first-order chi connectivity index (χ1) is 8.65. The number of hydrogen-bond donors (Lipinski definition) is 2. The molecule has 0 aliphatic heterocycles. The zero-order chi connectivity index (χ0) is 15.1. The van der Waals surface area contributed by atoms with Crippen LogP contribution in [0.4, 0.5) is 18.0 Å². The van der Waals surface area contributed by atoms with Crippen LogP contribution < -0.4 is 10.6 Å². The van der Waals surface area contributed by atoms with Gasteiger partial charge in [0.1, 0.15) is 12.6 Å². The molecule has 0 saturated heterocycles. The molecule has 19 heavy (non-hydrogen) atoms. The molecule has 7 nitrogen and oxygen atoms in total. The Hall–Kier alpha value is -2.00. The van der Waals surface area contributed by atoms with Crippen LogP contribution in [0.1, 0.15) is 6.92 Å². The van der Waals surface area contributed by atoms with Crippen LogP contribution in [-0.4, -0.2) is 50.4 Å². The van der Waals surface area contributed by atoms with Crippen molar-refractivity contribution in [2.24, 2.45) is 0 Å². The van der Waals surface area contributed by atoms with Gasteiger partial charge in [0.15, 0.2) is 6.61 Å². The first kappa shape index (κ1) is 17.0. The summed E-state index contributed by atoms with van der Waals surface area (Å²) in [6, 6.07) is -0.939. The van der Waals surface area contributed by atoms with Crippen molar-refractivity contribution in [3.05, 3.63) is 0 Å². The first-order valence-corrected chi connectivity index (χ1v) is 5.00. The van der Waals surface area contributed by atoms with Crippen molar-refractivity contribution in [2.45, 2.75) is 19.1 Å². The first-order valence-electron chi connectivity index (χ1n) is 5.00. The minimum absolute atomic E-state index is 0.627. The van der Waals surface area contributed by atoms with Gasteiger partial charge in [-0.15, -0.1) is 0 Å². The summed E-state index contributed by atoms with van der Waals surface area (Å²) in [5, 5.41) is 3.94. The van der Waals surface area contributed by atoms with Gasteiger partial charge in [0.05, 0.1) is 7.11 Å². The third kappa shape index (κ3) is 8.69. The zero-order valence-electron chi connectivity index (χ0n) is 10.2. The molecule has 0 radical (unpaired) electrons. The number of carbonyl (C=O) groups excluding carboxylic acids is 3. The molecule has 1 atom stereocenters. The molecule has 0 fully saturated rings.